The molecular formula is C16H17FN2OS. The Morgan fingerprint density at radius 2 is 1.86 bits per heavy atom. The molecule has 2 N–H and O–H groups in total. The molecule has 0 aliphatic rings. The highest BCUT2D eigenvalue weighted by molar-refractivity contribution is 7.80. The summed E-state index contributed by atoms with van der Waals surface area (Å²) in [7, 11) is 0. The summed E-state index contributed by atoms with van der Waals surface area (Å²) in [5.74, 6) is 0.571. The first-order chi connectivity index (χ1) is 10.2. The Balaban J connectivity index is 1.90. The average Bonchev–Trinajstić information content (AvgIpc) is 2.49. The van der Waals surface area contributed by atoms with E-state index in [9.17, 15) is 4.39 Å². The molecule has 110 valence electrons. The molecule has 5 heteroatoms. The fourth-order valence-corrected chi connectivity index (χ4v) is 2.02. The number of anilines is 1. The van der Waals surface area contributed by atoms with E-state index in [0.29, 0.717) is 18.3 Å². The SMILES string of the molecule is CCOc1ccccc1CNC(=S)Nc1ccc(F)cc1. The van der Waals surface area contributed by atoms with Gasteiger partial charge in [-0.25, -0.2) is 4.39 Å². The van der Waals surface area contributed by atoms with Crippen LogP contribution in [0.5, 0.6) is 5.75 Å². The molecule has 0 saturated carbocycles. The molecule has 3 nitrogen and oxygen atoms in total. The van der Waals surface area contributed by atoms with E-state index < -0.39 is 0 Å². The molecule has 0 heterocycles. The first-order valence-electron chi connectivity index (χ1n) is 6.70. The summed E-state index contributed by atoms with van der Waals surface area (Å²) in [4.78, 5) is 0. The van der Waals surface area contributed by atoms with Crippen molar-refractivity contribution in [2.24, 2.45) is 0 Å². The van der Waals surface area contributed by atoms with E-state index in [1.54, 1.807) is 12.1 Å². The second-order valence-corrected chi connectivity index (χ2v) is 4.76. The van der Waals surface area contributed by atoms with E-state index in [0.717, 1.165) is 17.0 Å². The van der Waals surface area contributed by atoms with E-state index in [1.807, 2.05) is 31.2 Å². The van der Waals surface area contributed by atoms with E-state index >= 15 is 0 Å². The number of halogens is 1. The molecule has 2 aromatic carbocycles. The molecule has 2 rings (SSSR count). The van der Waals surface area contributed by atoms with Crippen LogP contribution in [0, 0.1) is 5.82 Å². The number of para-hydroxylation sites is 1. The maximum Gasteiger partial charge on any atom is 0.171 e. The van der Waals surface area contributed by atoms with Crippen molar-refractivity contribution in [3.8, 4) is 5.75 Å². The van der Waals surface area contributed by atoms with Crippen molar-refractivity contribution >= 4 is 23.0 Å². The highest BCUT2D eigenvalue weighted by Gasteiger charge is 2.03. The summed E-state index contributed by atoms with van der Waals surface area (Å²) >= 11 is 5.22. The smallest absolute Gasteiger partial charge is 0.171 e. The standard InChI is InChI=1S/C16H17FN2OS/c1-2-20-15-6-4-3-5-12(15)11-18-16(21)19-14-9-7-13(17)8-10-14/h3-10H,2,11H2,1H3,(H2,18,19,21). The minimum Gasteiger partial charge on any atom is -0.494 e. The van der Waals surface area contributed by atoms with Gasteiger partial charge in [0.25, 0.3) is 0 Å². The molecule has 0 aromatic heterocycles. The van der Waals surface area contributed by atoms with Gasteiger partial charge in [-0.15, -0.1) is 0 Å². The predicted molar refractivity (Wildman–Crippen MR) is 87.1 cm³/mol. The summed E-state index contributed by atoms with van der Waals surface area (Å²) in [5.41, 5.74) is 1.77. The van der Waals surface area contributed by atoms with Crippen molar-refractivity contribution in [2.45, 2.75) is 13.5 Å². The zero-order valence-electron chi connectivity index (χ0n) is 11.7. The van der Waals surface area contributed by atoms with Crippen LogP contribution in [0.4, 0.5) is 10.1 Å². The number of thiocarbonyl (C=S) groups is 1. The number of benzene rings is 2. The normalized spacial score (nSPS) is 10.0. The topological polar surface area (TPSA) is 33.3 Å². The zero-order chi connectivity index (χ0) is 15.1. The number of hydrogen-bond donors (Lipinski definition) is 2. The van der Waals surface area contributed by atoms with E-state index in [1.165, 1.54) is 12.1 Å². The largest absolute Gasteiger partial charge is 0.494 e. The molecule has 21 heavy (non-hydrogen) atoms. The Labute approximate surface area is 129 Å². The van der Waals surface area contributed by atoms with Crippen molar-refractivity contribution in [3.05, 3.63) is 59.9 Å². The lowest BCUT2D eigenvalue weighted by Crippen LogP contribution is -2.28. The summed E-state index contributed by atoms with van der Waals surface area (Å²) in [6.07, 6.45) is 0. The van der Waals surface area contributed by atoms with Crippen LogP contribution in [-0.2, 0) is 6.54 Å². The van der Waals surface area contributed by atoms with Gasteiger partial charge in [0, 0.05) is 17.8 Å². The zero-order valence-corrected chi connectivity index (χ0v) is 12.5. The lowest BCUT2D eigenvalue weighted by atomic mass is 10.2. The monoisotopic (exact) mass is 304 g/mol. The number of rotatable bonds is 5. The van der Waals surface area contributed by atoms with Crippen molar-refractivity contribution in [2.75, 3.05) is 11.9 Å². The number of ether oxygens (including phenoxy) is 1. The van der Waals surface area contributed by atoms with Crippen LogP contribution in [0.2, 0.25) is 0 Å². The first kappa shape index (κ1) is 15.3. The molecule has 0 spiro atoms. The van der Waals surface area contributed by atoms with Crippen molar-refractivity contribution < 1.29 is 9.13 Å². The van der Waals surface area contributed by atoms with Crippen LogP contribution in [0.3, 0.4) is 0 Å². The van der Waals surface area contributed by atoms with Gasteiger partial charge in [0.05, 0.1) is 6.61 Å². The summed E-state index contributed by atoms with van der Waals surface area (Å²) in [5, 5.41) is 6.59. The van der Waals surface area contributed by atoms with Gasteiger partial charge in [-0.3, -0.25) is 0 Å². The van der Waals surface area contributed by atoms with Crippen molar-refractivity contribution in [1.29, 1.82) is 0 Å². The summed E-state index contributed by atoms with van der Waals surface area (Å²) in [6.45, 7) is 3.13. The van der Waals surface area contributed by atoms with Crippen LogP contribution in [0.25, 0.3) is 0 Å². The Morgan fingerprint density at radius 1 is 1.14 bits per heavy atom. The lowest BCUT2D eigenvalue weighted by molar-refractivity contribution is 0.336. The van der Waals surface area contributed by atoms with Crippen LogP contribution >= 0.6 is 12.2 Å². The number of hydrogen-bond acceptors (Lipinski definition) is 2. The molecule has 0 amide bonds. The van der Waals surface area contributed by atoms with Gasteiger partial charge in [-0.2, -0.15) is 0 Å². The Hall–Kier alpha value is -2.14. The fraction of sp³-hybridized carbons (Fsp3) is 0.188. The van der Waals surface area contributed by atoms with Crippen molar-refractivity contribution in [3.63, 3.8) is 0 Å². The molecule has 0 bridgehead atoms. The fourth-order valence-electron chi connectivity index (χ4n) is 1.83. The molecule has 0 unspecified atom stereocenters. The Bertz CT molecular complexity index is 601. The molecule has 0 saturated heterocycles. The van der Waals surface area contributed by atoms with Crippen LogP contribution in [-0.4, -0.2) is 11.7 Å². The Kier molecular flexibility index (Phi) is 5.51. The molecular weight excluding hydrogens is 287 g/mol. The maximum absolute atomic E-state index is 12.8. The summed E-state index contributed by atoms with van der Waals surface area (Å²) < 4.78 is 18.4. The minimum absolute atomic E-state index is 0.273. The van der Waals surface area contributed by atoms with E-state index in [-0.39, 0.29) is 5.82 Å². The van der Waals surface area contributed by atoms with Crippen LogP contribution < -0.4 is 15.4 Å². The van der Waals surface area contributed by atoms with Gasteiger partial charge in [0.2, 0.25) is 0 Å². The maximum atomic E-state index is 12.8. The lowest BCUT2D eigenvalue weighted by Gasteiger charge is -2.13. The van der Waals surface area contributed by atoms with Gasteiger partial charge in [0.1, 0.15) is 11.6 Å². The third-order valence-corrected chi connectivity index (χ3v) is 3.06. The van der Waals surface area contributed by atoms with Gasteiger partial charge >= 0.3 is 0 Å². The first-order valence-corrected chi connectivity index (χ1v) is 7.11. The Morgan fingerprint density at radius 3 is 2.57 bits per heavy atom. The molecule has 0 fully saturated rings. The van der Waals surface area contributed by atoms with Gasteiger partial charge in [0.15, 0.2) is 5.11 Å². The average molecular weight is 304 g/mol. The highest BCUT2D eigenvalue weighted by Crippen LogP contribution is 2.17. The molecule has 0 radical (unpaired) electrons. The van der Waals surface area contributed by atoms with Crippen LogP contribution in [0.1, 0.15) is 12.5 Å². The third-order valence-electron chi connectivity index (χ3n) is 2.81. The second kappa shape index (κ2) is 7.59. The second-order valence-electron chi connectivity index (χ2n) is 4.36. The highest BCUT2D eigenvalue weighted by atomic mass is 32.1. The third kappa shape index (κ3) is 4.72. The van der Waals surface area contributed by atoms with Gasteiger partial charge in [-0.1, -0.05) is 18.2 Å². The molecule has 0 atom stereocenters. The van der Waals surface area contributed by atoms with E-state index in [2.05, 4.69) is 10.6 Å². The molecule has 0 aliphatic heterocycles. The molecule has 0 aliphatic carbocycles. The van der Waals surface area contributed by atoms with Gasteiger partial charge < -0.3 is 15.4 Å². The minimum atomic E-state index is -0.273. The van der Waals surface area contributed by atoms with Gasteiger partial charge in [-0.05, 0) is 49.5 Å². The number of nitrogens with one attached hydrogen (secondary N) is 2. The van der Waals surface area contributed by atoms with Crippen molar-refractivity contribution in [1.82, 2.24) is 5.32 Å². The quantitative estimate of drug-likeness (QED) is 0.825. The predicted octanol–water partition coefficient (Wildman–Crippen LogP) is 3.71. The molecule has 2 aromatic rings. The summed E-state index contributed by atoms with van der Waals surface area (Å²) in [6, 6.07) is 13.8. The van der Waals surface area contributed by atoms with E-state index in [4.69, 9.17) is 17.0 Å². The van der Waals surface area contributed by atoms with Crippen LogP contribution in [0.15, 0.2) is 48.5 Å².